The molecule has 9 aromatic rings. The Kier molecular flexibility index (Phi) is 7.83. The third-order valence-electron chi connectivity index (χ3n) is 10.7. The van der Waals surface area contributed by atoms with Gasteiger partial charge < -0.3 is 9.88 Å². The van der Waals surface area contributed by atoms with Crippen LogP contribution in [0, 0.1) is 0 Å². The minimum atomic E-state index is 0.0386. The molecular formula is C50H44N2S. The van der Waals surface area contributed by atoms with E-state index in [0.29, 0.717) is 0 Å². The monoisotopic (exact) mass is 704 g/mol. The Morgan fingerprint density at radius 1 is 0.453 bits per heavy atom. The Hall–Kier alpha value is -5.64. The first-order valence-corrected chi connectivity index (χ1v) is 19.4. The van der Waals surface area contributed by atoms with Gasteiger partial charge in [0.25, 0.3) is 0 Å². The molecule has 0 spiro atoms. The van der Waals surface area contributed by atoms with Crippen molar-refractivity contribution < 1.29 is 0 Å². The summed E-state index contributed by atoms with van der Waals surface area (Å²) in [7, 11) is 0. The summed E-state index contributed by atoms with van der Waals surface area (Å²) in [6.07, 6.45) is 0. The fourth-order valence-electron chi connectivity index (χ4n) is 7.76. The Balaban J connectivity index is 1.26. The second kappa shape index (κ2) is 12.5. The van der Waals surface area contributed by atoms with E-state index in [1.807, 2.05) is 11.3 Å². The minimum Gasteiger partial charge on any atom is -0.353 e. The lowest BCUT2D eigenvalue weighted by atomic mass is 9.79. The maximum atomic E-state index is 4.02. The molecule has 2 aromatic heterocycles. The molecule has 0 bridgehead atoms. The molecule has 0 aliphatic rings. The molecule has 2 heterocycles. The lowest BCUT2D eigenvalue weighted by molar-refractivity contribution is 0.569. The fourth-order valence-corrected chi connectivity index (χ4v) is 8.84. The molecule has 0 aliphatic heterocycles. The van der Waals surface area contributed by atoms with E-state index in [2.05, 4.69) is 203 Å². The highest BCUT2D eigenvalue weighted by Gasteiger charge is 2.22. The molecule has 0 aliphatic carbocycles. The number of hydrogen-bond donors (Lipinski definition) is 1. The summed E-state index contributed by atoms with van der Waals surface area (Å²) < 4.78 is 5.06. The van der Waals surface area contributed by atoms with E-state index in [1.165, 1.54) is 69.8 Å². The first-order chi connectivity index (χ1) is 25.5. The predicted octanol–water partition coefficient (Wildman–Crippen LogP) is 14.8. The second-order valence-electron chi connectivity index (χ2n) is 16.4. The van der Waals surface area contributed by atoms with Crippen molar-refractivity contribution in [1.82, 2.24) is 4.57 Å². The van der Waals surface area contributed by atoms with Crippen LogP contribution in [0.15, 0.2) is 152 Å². The predicted molar refractivity (Wildman–Crippen MR) is 232 cm³/mol. The number of fused-ring (bicyclic) bond motifs is 6. The van der Waals surface area contributed by atoms with E-state index in [1.54, 1.807) is 0 Å². The standard InChI is InChI=1S/C50H44N2S/c1-49(2,3)35-27-34(28-36(31-35)50(4,5)6)32-15-13-16-37(29-32)51-48-38(33-25-26-47-42(30-33)41-19-9-12-24-46(41)53-47)20-14-23-45(48)52-43-21-10-7-17-39(43)40-18-8-11-22-44(40)52/h7-31,51H,1-6H3. The molecule has 0 saturated heterocycles. The number of nitrogens with zero attached hydrogens (tertiary/aromatic N) is 1. The van der Waals surface area contributed by atoms with Gasteiger partial charge in [0.1, 0.15) is 0 Å². The number of benzene rings is 7. The van der Waals surface area contributed by atoms with E-state index in [4.69, 9.17) is 0 Å². The number of hydrogen-bond acceptors (Lipinski definition) is 2. The number of thiophene rings is 1. The van der Waals surface area contributed by atoms with Crippen LogP contribution in [-0.4, -0.2) is 4.57 Å². The van der Waals surface area contributed by atoms with E-state index in [0.717, 1.165) is 22.6 Å². The average Bonchev–Trinajstić information content (AvgIpc) is 3.70. The number of rotatable bonds is 5. The van der Waals surface area contributed by atoms with Crippen LogP contribution < -0.4 is 5.32 Å². The molecule has 9 rings (SSSR count). The molecule has 0 amide bonds. The molecule has 0 unspecified atom stereocenters. The van der Waals surface area contributed by atoms with Crippen LogP contribution in [0.5, 0.6) is 0 Å². The van der Waals surface area contributed by atoms with Gasteiger partial charge in [0.2, 0.25) is 0 Å². The third-order valence-corrected chi connectivity index (χ3v) is 11.8. The van der Waals surface area contributed by atoms with Gasteiger partial charge in [0.15, 0.2) is 0 Å². The number of nitrogens with one attached hydrogen (secondary N) is 1. The number of para-hydroxylation sites is 3. The van der Waals surface area contributed by atoms with Crippen molar-refractivity contribution in [3.8, 4) is 27.9 Å². The molecule has 0 saturated carbocycles. The van der Waals surface area contributed by atoms with E-state index in [-0.39, 0.29) is 10.8 Å². The van der Waals surface area contributed by atoms with Crippen molar-refractivity contribution in [1.29, 1.82) is 0 Å². The lowest BCUT2D eigenvalue weighted by Crippen LogP contribution is -2.16. The smallest absolute Gasteiger partial charge is 0.0708 e. The van der Waals surface area contributed by atoms with Gasteiger partial charge in [-0.1, -0.05) is 145 Å². The molecule has 53 heavy (non-hydrogen) atoms. The number of aromatic nitrogens is 1. The van der Waals surface area contributed by atoms with E-state index >= 15 is 0 Å². The van der Waals surface area contributed by atoms with Crippen LogP contribution in [-0.2, 0) is 10.8 Å². The zero-order valence-corrected chi connectivity index (χ0v) is 32.1. The maximum absolute atomic E-state index is 4.02. The van der Waals surface area contributed by atoms with Gasteiger partial charge in [0, 0.05) is 42.2 Å². The van der Waals surface area contributed by atoms with Crippen LogP contribution in [0.2, 0.25) is 0 Å². The van der Waals surface area contributed by atoms with Crippen LogP contribution in [0.3, 0.4) is 0 Å². The molecule has 260 valence electrons. The van der Waals surface area contributed by atoms with Gasteiger partial charge in [-0.05, 0) is 87.2 Å². The van der Waals surface area contributed by atoms with Crippen molar-refractivity contribution >= 4 is 64.7 Å². The summed E-state index contributed by atoms with van der Waals surface area (Å²) in [5.74, 6) is 0. The minimum absolute atomic E-state index is 0.0386. The summed E-state index contributed by atoms with van der Waals surface area (Å²) >= 11 is 1.86. The molecule has 0 atom stereocenters. The van der Waals surface area contributed by atoms with Crippen molar-refractivity contribution in [2.24, 2.45) is 0 Å². The average molecular weight is 705 g/mol. The molecule has 2 nitrogen and oxygen atoms in total. The van der Waals surface area contributed by atoms with E-state index in [9.17, 15) is 0 Å². The maximum Gasteiger partial charge on any atom is 0.0708 e. The Morgan fingerprint density at radius 3 is 1.74 bits per heavy atom. The molecular weight excluding hydrogens is 661 g/mol. The zero-order valence-electron chi connectivity index (χ0n) is 31.3. The van der Waals surface area contributed by atoms with Crippen LogP contribution in [0.4, 0.5) is 11.4 Å². The number of anilines is 2. The van der Waals surface area contributed by atoms with Crippen LogP contribution >= 0.6 is 11.3 Å². The zero-order chi connectivity index (χ0) is 36.5. The molecule has 7 aromatic carbocycles. The molecule has 3 heteroatoms. The molecule has 0 fully saturated rings. The summed E-state index contributed by atoms with van der Waals surface area (Å²) in [4.78, 5) is 0. The van der Waals surface area contributed by atoms with Gasteiger partial charge >= 0.3 is 0 Å². The second-order valence-corrected chi connectivity index (χ2v) is 17.5. The largest absolute Gasteiger partial charge is 0.353 e. The molecule has 1 N–H and O–H groups in total. The van der Waals surface area contributed by atoms with Crippen molar-refractivity contribution in [2.45, 2.75) is 52.4 Å². The third kappa shape index (κ3) is 5.90. The topological polar surface area (TPSA) is 17.0 Å². The van der Waals surface area contributed by atoms with Gasteiger partial charge in [0.05, 0.1) is 22.4 Å². The van der Waals surface area contributed by atoms with Gasteiger partial charge in [-0.2, -0.15) is 0 Å². The van der Waals surface area contributed by atoms with E-state index < -0.39 is 0 Å². The molecule has 0 radical (unpaired) electrons. The summed E-state index contributed by atoms with van der Waals surface area (Å²) in [5, 5.41) is 9.13. The van der Waals surface area contributed by atoms with Gasteiger partial charge in [-0.3, -0.25) is 0 Å². The normalized spacial score (nSPS) is 12.3. The lowest BCUT2D eigenvalue weighted by Gasteiger charge is -2.26. The summed E-state index contributed by atoms with van der Waals surface area (Å²) in [5.41, 5.74) is 13.2. The highest BCUT2D eigenvalue weighted by molar-refractivity contribution is 7.25. The van der Waals surface area contributed by atoms with Crippen LogP contribution in [0.25, 0.3) is 69.9 Å². The van der Waals surface area contributed by atoms with Crippen molar-refractivity contribution in [3.05, 3.63) is 163 Å². The highest BCUT2D eigenvalue weighted by Crippen LogP contribution is 2.43. The highest BCUT2D eigenvalue weighted by atomic mass is 32.1. The van der Waals surface area contributed by atoms with Gasteiger partial charge in [-0.15, -0.1) is 11.3 Å². The first-order valence-electron chi connectivity index (χ1n) is 18.6. The van der Waals surface area contributed by atoms with Gasteiger partial charge in [-0.25, -0.2) is 0 Å². The Labute approximate surface area is 316 Å². The summed E-state index contributed by atoms with van der Waals surface area (Å²) in [6.45, 7) is 13.8. The SMILES string of the molecule is CC(C)(C)c1cc(-c2cccc(Nc3c(-c4ccc5sc6ccccc6c5c4)cccc3-n3c4ccccc4c4ccccc43)c2)cc(C(C)(C)C)c1. The quantitative estimate of drug-likeness (QED) is 0.189. The van der Waals surface area contributed by atoms with Crippen molar-refractivity contribution in [2.75, 3.05) is 5.32 Å². The van der Waals surface area contributed by atoms with Crippen LogP contribution in [0.1, 0.15) is 52.7 Å². The Morgan fingerprint density at radius 2 is 1.06 bits per heavy atom. The summed E-state index contributed by atoms with van der Waals surface area (Å²) in [6, 6.07) is 56.1. The fraction of sp³-hybridized carbons (Fsp3) is 0.160. The van der Waals surface area contributed by atoms with Crippen molar-refractivity contribution in [3.63, 3.8) is 0 Å². The Bertz CT molecular complexity index is 2750. The first kappa shape index (κ1) is 33.2.